The zero-order valence-corrected chi connectivity index (χ0v) is 7.24. The molecule has 1 fully saturated rings. The fourth-order valence-electron chi connectivity index (χ4n) is 1.62. The molecule has 0 radical (unpaired) electrons. The van der Waals surface area contributed by atoms with E-state index < -0.39 is 0 Å². The van der Waals surface area contributed by atoms with E-state index in [1.807, 2.05) is 0 Å². The molecule has 1 aliphatic heterocycles. The van der Waals surface area contributed by atoms with Crippen molar-refractivity contribution in [1.82, 2.24) is 0 Å². The number of ether oxygens (including phenoxy) is 1. The van der Waals surface area contributed by atoms with Gasteiger partial charge in [0.05, 0.1) is 13.2 Å². The molecule has 2 atom stereocenters. The molecule has 1 heterocycles. The Bertz CT molecular complexity index is 285. The third-order valence-corrected chi connectivity index (χ3v) is 2.42. The van der Waals surface area contributed by atoms with Crippen molar-refractivity contribution in [2.45, 2.75) is 12.0 Å². The van der Waals surface area contributed by atoms with Gasteiger partial charge in [-0.15, -0.1) is 0 Å². The fraction of sp³-hybridized carbons (Fsp3) is 0.400. The largest absolute Gasteiger partial charge is 0.379 e. The summed E-state index contributed by atoms with van der Waals surface area (Å²) in [5.41, 5.74) is 6.89. The van der Waals surface area contributed by atoms with Gasteiger partial charge in [-0.25, -0.2) is 4.39 Å². The van der Waals surface area contributed by atoms with Crippen molar-refractivity contribution in [2.24, 2.45) is 5.73 Å². The first-order chi connectivity index (χ1) is 6.27. The lowest BCUT2D eigenvalue weighted by Crippen LogP contribution is -2.26. The first-order valence-electron chi connectivity index (χ1n) is 4.36. The Labute approximate surface area is 76.5 Å². The number of nitrogens with two attached hydrogens (primary N) is 1. The van der Waals surface area contributed by atoms with Crippen molar-refractivity contribution in [3.05, 3.63) is 35.6 Å². The van der Waals surface area contributed by atoms with Crippen LogP contribution in [0.4, 0.5) is 4.39 Å². The van der Waals surface area contributed by atoms with Gasteiger partial charge in [-0.3, -0.25) is 0 Å². The van der Waals surface area contributed by atoms with Gasteiger partial charge < -0.3 is 10.5 Å². The van der Waals surface area contributed by atoms with Crippen LogP contribution in [0.3, 0.4) is 0 Å². The Kier molecular flexibility index (Phi) is 2.29. The van der Waals surface area contributed by atoms with Crippen molar-refractivity contribution in [2.75, 3.05) is 13.2 Å². The predicted molar refractivity (Wildman–Crippen MR) is 47.9 cm³/mol. The highest BCUT2D eigenvalue weighted by molar-refractivity contribution is 5.23. The summed E-state index contributed by atoms with van der Waals surface area (Å²) < 4.78 is 17.8. The molecule has 3 heteroatoms. The summed E-state index contributed by atoms with van der Waals surface area (Å²) in [6, 6.07) is 6.51. The molecule has 2 nitrogen and oxygen atoms in total. The molecule has 0 saturated carbocycles. The van der Waals surface area contributed by atoms with Gasteiger partial charge in [-0.1, -0.05) is 12.1 Å². The molecule has 0 amide bonds. The van der Waals surface area contributed by atoms with Crippen LogP contribution in [0.2, 0.25) is 0 Å². The summed E-state index contributed by atoms with van der Waals surface area (Å²) in [6.07, 6.45) is 0. The second-order valence-electron chi connectivity index (χ2n) is 3.36. The highest BCUT2D eigenvalue weighted by Crippen LogP contribution is 2.24. The van der Waals surface area contributed by atoms with Crippen LogP contribution < -0.4 is 5.73 Å². The van der Waals surface area contributed by atoms with Gasteiger partial charge in [0.15, 0.2) is 0 Å². The lowest BCUT2D eigenvalue weighted by Gasteiger charge is -2.12. The first kappa shape index (κ1) is 8.66. The van der Waals surface area contributed by atoms with Crippen molar-refractivity contribution in [3.63, 3.8) is 0 Å². The van der Waals surface area contributed by atoms with Crippen LogP contribution in [-0.2, 0) is 4.74 Å². The Morgan fingerprint density at radius 3 is 2.46 bits per heavy atom. The van der Waals surface area contributed by atoms with Crippen LogP contribution in [0, 0.1) is 5.82 Å². The maximum Gasteiger partial charge on any atom is 0.123 e. The number of hydrogen-bond donors (Lipinski definition) is 1. The van der Waals surface area contributed by atoms with Crippen molar-refractivity contribution in [1.29, 1.82) is 0 Å². The van der Waals surface area contributed by atoms with E-state index in [0.717, 1.165) is 5.56 Å². The fourth-order valence-corrected chi connectivity index (χ4v) is 1.62. The van der Waals surface area contributed by atoms with Gasteiger partial charge in [0.1, 0.15) is 5.82 Å². The molecular formula is C10H12FNO. The van der Waals surface area contributed by atoms with Gasteiger partial charge in [-0.2, -0.15) is 0 Å². The molecule has 0 spiro atoms. The average molecular weight is 181 g/mol. The molecule has 1 aliphatic rings. The molecule has 13 heavy (non-hydrogen) atoms. The normalized spacial score (nSPS) is 27.8. The summed E-state index contributed by atoms with van der Waals surface area (Å²) in [7, 11) is 0. The second kappa shape index (κ2) is 3.44. The van der Waals surface area contributed by atoms with Crippen molar-refractivity contribution >= 4 is 0 Å². The zero-order chi connectivity index (χ0) is 9.26. The topological polar surface area (TPSA) is 35.2 Å². The second-order valence-corrected chi connectivity index (χ2v) is 3.36. The molecule has 1 saturated heterocycles. The SMILES string of the molecule is N[C@@H]1COC[C@H]1c1ccc(F)cc1. The maximum atomic E-state index is 12.6. The summed E-state index contributed by atoms with van der Waals surface area (Å²) in [6.45, 7) is 1.24. The van der Waals surface area contributed by atoms with Crippen LogP contribution in [0.15, 0.2) is 24.3 Å². The monoisotopic (exact) mass is 181 g/mol. The summed E-state index contributed by atoms with van der Waals surface area (Å²) >= 11 is 0. The van der Waals surface area contributed by atoms with Crippen molar-refractivity contribution < 1.29 is 9.13 Å². The predicted octanol–water partition coefficient (Wildman–Crippen LogP) is 1.27. The van der Waals surface area contributed by atoms with E-state index in [4.69, 9.17) is 10.5 Å². The number of hydrogen-bond acceptors (Lipinski definition) is 2. The van der Waals surface area contributed by atoms with Gasteiger partial charge in [0.25, 0.3) is 0 Å². The number of benzene rings is 1. The minimum Gasteiger partial charge on any atom is -0.379 e. The molecule has 70 valence electrons. The Morgan fingerprint density at radius 1 is 1.23 bits per heavy atom. The number of halogens is 1. The Balaban J connectivity index is 2.20. The van der Waals surface area contributed by atoms with Crippen LogP contribution in [-0.4, -0.2) is 19.3 Å². The average Bonchev–Trinajstić information content (AvgIpc) is 2.53. The Morgan fingerprint density at radius 2 is 1.92 bits per heavy atom. The van der Waals surface area contributed by atoms with Gasteiger partial charge in [-0.05, 0) is 17.7 Å². The van der Waals surface area contributed by atoms with E-state index in [9.17, 15) is 4.39 Å². The maximum absolute atomic E-state index is 12.6. The quantitative estimate of drug-likeness (QED) is 0.708. The number of rotatable bonds is 1. The van der Waals surface area contributed by atoms with Gasteiger partial charge >= 0.3 is 0 Å². The third-order valence-electron chi connectivity index (χ3n) is 2.42. The highest BCUT2D eigenvalue weighted by atomic mass is 19.1. The molecule has 2 N–H and O–H groups in total. The molecule has 0 aliphatic carbocycles. The lowest BCUT2D eigenvalue weighted by atomic mass is 9.95. The summed E-state index contributed by atoms with van der Waals surface area (Å²) in [5, 5.41) is 0. The van der Waals surface area contributed by atoms with E-state index >= 15 is 0 Å². The van der Waals surface area contributed by atoms with E-state index in [1.54, 1.807) is 12.1 Å². The third kappa shape index (κ3) is 1.71. The molecule has 0 bridgehead atoms. The Hall–Kier alpha value is -0.930. The smallest absolute Gasteiger partial charge is 0.123 e. The minimum absolute atomic E-state index is 0.0467. The summed E-state index contributed by atoms with van der Waals surface area (Å²) in [4.78, 5) is 0. The van der Waals surface area contributed by atoms with E-state index in [-0.39, 0.29) is 17.8 Å². The van der Waals surface area contributed by atoms with Gasteiger partial charge in [0, 0.05) is 12.0 Å². The van der Waals surface area contributed by atoms with Crippen LogP contribution >= 0.6 is 0 Å². The van der Waals surface area contributed by atoms with Gasteiger partial charge in [0.2, 0.25) is 0 Å². The molecule has 1 aromatic rings. The lowest BCUT2D eigenvalue weighted by molar-refractivity contribution is 0.191. The molecule has 1 aromatic carbocycles. The van der Waals surface area contributed by atoms with Crippen molar-refractivity contribution in [3.8, 4) is 0 Å². The highest BCUT2D eigenvalue weighted by Gasteiger charge is 2.25. The molecule has 0 aromatic heterocycles. The van der Waals surface area contributed by atoms with E-state index in [1.165, 1.54) is 12.1 Å². The molecule has 0 unspecified atom stereocenters. The first-order valence-corrected chi connectivity index (χ1v) is 4.36. The molecular weight excluding hydrogens is 169 g/mol. The summed E-state index contributed by atoms with van der Waals surface area (Å²) in [5.74, 6) is 0.0110. The van der Waals surface area contributed by atoms with E-state index in [2.05, 4.69) is 0 Å². The van der Waals surface area contributed by atoms with Crippen LogP contribution in [0.25, 0.3) is 0 Å². The molecule has 2 rings (SSSR count). The van der Waals surface area contributed by atoms with E-state index in [0.29, 0.717) is 13.2 Å². The standard InChI is InChI=1S/C10H12FNO/c11-8-3-1-7(2-4-8)9-5-13-6-10(9)12/h1-4,9-10H,5-6,12H2/t9-,10+/m0/s1. The van der Waals surface area contributed by atoms with Crippen LogP contribution in [0.5, 0.6) is 0 Å². The van der Waals surface area contributed by atoms with Crippen LogP contribution in [0.1, 0.15) is 11.5 Å². The zero-order valence-electron chi connectivity index (χ0n) is 7.24. The minimum atomic E-state index is -0.212.